The first-order chi connectivity index (χ1) is 16.0. The summed E-state index contributed by atoms with van der Waals surface area (Å²) in [6.07, 6.45) is 5.24. The summed E-state index contributed by atoms with van der Waals surface area (Å²) in [6.45, 7) is 13.3. The molecule has 1 saturated carbocycles. The minimum atomic E-state index is -0.484. The summed E-state index contributed by atoms with van der Waals surface area (Å²) < 4.78 is 11.2. The van der Waals surface area contributed by atoms with E-state index in [0.717, 1.165) is 62.4 Å². The van der Waals surface area contributed by atoms with Crippen LogP contribution in [-0.2, 0) is 14.3 Å². The molecule has 2 unspecified atom stereocenters. The molecule has 8 heteroatoms. The van der Waals surface area contributed by atoms with Crippen molar-refractivity contribution in [3.05, 3.63) is 17.8 Å². The van der Waals surface area contributed by atoms with E-state index in [9.17, 15) is 9.59 Å². The highest BCUT2D eigenvalue weighted by Gasteiger charge is 2.26. The molecule has 1 aromatic heterocycles. The van der Waals surface area contributed by atoms with Gasteiger partial charge in [0.2, 0.25) is 5.91 Å². The maximum absolute atomic E-state index is 12.6. The number of aryl methyl sites for hydroxylation is 1. The van der Waals surface area contributed by atoms with Crippen LogP contribution in [0, 0.1) is 12.8 Å². The Balaban J connectivity index is 1.40. The maximum Gasteiger partial charge on any atom is 0.407 e. The van der Waals surface area contributed by atoms with Gasteiger partial charge in [0.15, 0.2) is 0 Å². The summed E-state index contributed by atoms with van der Waals surface area (Å²) in [5, 5.41) is 6.01. The Morgan fingerprint density at radius 3 is 2.35 bits per heavy atom. The van der Waals surface area contributed by atoms with E-state index in [1.54, 1.807) is 0 Å². The van der Waals surface area contributed by atoms with Crippen molar-refractivity contribution in [3.63, 3.8) is 0 Å². The molecule has 0 aromatic carbocycles. The second-order valence-electron chi connectivity index (χ2n) is 10.9. The number of pyridine rings is 1. The van der Waals surface area contributed by atoms with Crippen molar-refractivity contribution in [3.8, 4) is 0 Å². The van der Waals surface area contributed by atoms with Crippen molar-refractivity contribution in [2.45, 2.75) is 104 Å². The Labute approximate surface area is 204 Å². The molecule has 2 aliphatic rings. The van der Waals surface area contributed by atoms with Crippen LogP contribution in [0.2, 0.25) is 0 Å². The van der Waals surface area contributed by atoms with Crippen molar-refractivity contribution >= 4 is 23.5 Å². The Bertz CT molecular complexity index is 836. The van der Waals surface area contributed by atoms with E-state index in [1.807, 2.05) is 39.8 Å². The number of anilines is 2. The molecule has 2 atom stereocenters. The van der Waals surface area contributed by atoms with Crippen LogP contribution in [0.1, 0.15) is 78.8 Å². The zero-order valence-electron chi connectivity index (χ0n) is 21.6. The fourth-order valence-electron chi connectivity index (χ4n) is 4.84. The molecule has 34 heavy (non-hydrogen) atoms. The summed E-state index contributed by atoms with van der Waals surface area (Å²) >= 11 is 0. The Morgan fingerprint density at radius 2 is 1.76 bits per heavy atom. The highest BCUT2D eigenvalue weighted by atomic mass is 16.6. The highest BCUT2D eigenvalue weighted by Crippen LogP contribution is 2.29. The van der Waals surface area contributed by atoms with Crippen LogP contribution in [0.4, 0.5) is 16.3 Å². The number of hydrogen-bond acceptors (Lipinski definition) is 6. The molecule has 2 N–H and O–H groups in total. The SMILES string of the molecule is Cc1nc(N2CC(C)OC(C)C2)ccc1NC(=O)CC[C@H]1CC[C@H](NC(=O)OC(C)(C)C)CC1. The average Bonchev–Trinajstić information content (AvgIpc) is 2.72. The lowest BCUT2D eigenvalue weighted by molar-refractivity contribution is -0.116. The normalized spacial score (nSPS) is 25.5. The average molecular weight is 475 g/mol. The van der Waals surface area contributed by atoms with Gasteiger partial charge in [0.25, 0.3) is 0 Å². The predicted octanol–water partition coefficient (Wildman–Crippen LogP) is 4.81. The quantitative estimate of drug-likeness (QED) is 0.615. The van der Waals surface area contributed by atoms with E-state index in [0.29, 0.717) is 12.3 Å². The molecule has 1 saturated heterocycles. The lowest BCUT2D eigenvalue weighted by Crippen LogP contribution is -2.45. The van der Waals surface area contributed by atoms with Crippen LogP contribution in [0.25, 0.3) is 0 Å². The summed E-state index contributed by atoms with van der Waals surface area (Å²) in [4.78, 5) is 31.5. The molecule has 2 fully saturated rings. The summed E-state index contributed by atoms with van der Waals surface area (Å²) in [5.74, 6) is 1.46. The zero-order valence-corrected chi connectivity index (χ0v) is 21.6. The second kappa shape index (κ2) is 11.4. The molecular weight excluding hydrogens is 432 g/mol. The third-order valence-corrected chi connectivity index (χ3v) is 6.44. The van der Waals surface area contributed by atoms with Crippen molar-refractivity contribution in [1.82, 2.24) is 10.3 Å². The van der Waals surface area contributed by atoms with E-state index in [-0.39, 0.29) is 30.3 Å². The molecule has 1 aliphatic carbocycles. The number of hydrogen-bond donors (Lipinski definition) is 2. The lowest BCUT2D eigenvalue weighted by atomic mass is 9.83. The van der Waals surface area contributed by atoms with Gasteiger partial charge in [-0.25, -0.2) is 9.78 Å². The molecule has 0 spiro atoms. The summed E-state index contributed by atoms with van der Waals surface area (Å²) in [7, 11) is 0. The molecule has 1 aromatic rings. The molecule has 3 rings (SSSR count). The molecule has 190 valence electrons. The number of nitrogens with one attached hydrogen (secondary N) is 2. The Hall–Kier alpha value is -2.35. The second-order valence-corrected chi connectivity index (χ2v) is 10.9. The highest BCUT2D eigenvalue weighted by molar-refractivity contribution is 5.91. The van der Waals surface area contributed by atoms with Gasteiger partial charge in [-0.05, 0) is 91.7 Å². The Morgan fingerprint density at radius 1 is 1.12 bits per heavy atom. The number of ether oxygens (including phenoxy) is 2. The first kappa shape index (κ1) is 26.3. The molecule has 2 amide bonds. The molecule has 0 radical (unpaired) electrons. The van der Waals surface area contributed by atoms with Crippen molar-refractivity contribution in [2.75, 3.05) is 23.3 Å². The van der Waals surface area contributed by atoms with Gasteiger partial charge in [-0.2, -0.15) is 0 Å². The minimum absolute atomic E-state index is 0.0280. The van der Waals surface area contributed by atoms with E-state index >= 15 is 0 Å². The van der Waals surface area contributed by atoms with Gasteiger partial charge in [-0.15, -0.1) is 0 Å². The number of amides is 2. The summed E-state index contributed by atoms with van der Waals surface area (Å²) in [6, 6.07) is 4.09. The monoisotopic (exact) mass is 474 g/mol. The van der Waals surface area contributed by atoms with Gasteiger partial charge >= 0.3 is 6.09 Å². The molecule has 2 heterocycles. The lowest BCUT2D eigenvalue weighted by Gasteiger charge is -2.36. The summed E-state index contributed by atoms with van der Waals surface area (Å²) in [5.41, 5.74) is 1.11. The fourth-order valence-corrected chi connectivity index (χ4v) is 4.84. The molecule has 0 bridgehead atoms. The largest absolute Gasteiger partial charge is 0.444 e. The van der Waals surface area contributed by atoms with Gasteiger partial charge < -0.3 is 25.0 Å². The van der Waals surface area contributed by atoms with Crippen molar-refractivity contribution in [1.29, 1.82) is 0 Å². The van der Waals surface area contributed by atoms with Crippen LogP contribution >= 0.6 is 0 Å². The van der Waals surface area contributed by atoms with Crippen LogP contribution in [0.3, 0.4) is 0 Å². The minimum Gasteiger partial charge on any atom is -0.444 e. The Kier molecular flexibility index (Phi) is 8.79. The van der Waals surface area contributed by atoms with E-state index in [2.05, 4.69) is 29.4 Å². The van der Waals surface area contributed by atoms with E-state index in [1.165, 1.54) is 0 Å². The number of morpholine rings is 1. The molecule has 8 nitrogen and oxygen atoms in total. The smallest absolute Gasteiger partial charge is 0.407 e. The number of carbonyl (C=O) groups excluding carboxylic acids is 2. The molecule has 1 aliphatic heterocycles. The maximum atomic E-state index is 12.6. The number of nitrogens with zero attached hydrogens (tertiary/aromatic N) is 2. The van der Waals surface area contributed by atoms with Crippen molar-refractivity contribution in [2.24, 2.45) is 5.92 Å². The van der Waals surface area contributed by atoms with E-state index < -0.39 is 5.60 Å². The third-order valence-electron chi connectivity index (χ3n) is 6.44. The predicted molar refractivity (Wildman–Crippen MR) is 134 cm³/mol. The first-order valence-corrected chi connectivity index (χ1v) is 12.7. The standard InChI is InChI=1S/C26H42N4O4/c1-17-15-30(16-18(2)33-17)23-13-12-22(19(3)27-23)29-24(31)14-9-20-7-10-21(11-8-20)28-25(32)34-26(4,5)6/h12-13,17-18,20-21H,7-11,14-16H2,1-6H3,(H,28,32)(H,29,31)/t17?,18?,20-,21-. The van der Waals surface area contributed by atoms with Crippen LogP contribution in [-0.4, -0.2) is 53.9 Å². The van der Waals surface area contributed by atoms with Gasteiger partial charge in [0.1, 0.15) is 11.4 Å². The number of alkyl carbamates (subject to hydrolysis) is 1. The van der Waals surface area contributed by atoms with Crippen LogP contribution in [0.15, 0.2) is 12.1 Å². The van der Waals surface area contributed by atoms with Gasteiger partial charge in [-0.3, -0.25) is 4.79 Å². The number of rotatable bonds is 6. The van der Waals surface area contributed by atoms with E-state index in [4.69, 9.17) is 14.5 Å². The van der Waals surface area contributed by atoms with Crippen LogP contribution in [0.5, 0.6) is 0 Å². The fraction of sp³-hybridized carbons (Fsp3) is 0.731. The van der Waals surface area contributed by atoms with Gasteiger partial charge in [0, 0.05) is 25.6 Å². The number of aromatic nitrogens is 1. The molecular formula is C26H42N4O4. The first-order valence-electron chi connectivity index (χ1n) is 12.7. The van der Waals surface area contributed by atoms with Crippen molar-refractivity contribution < 1.29 is 19.1 Å². The number of carbonyl (C=O) groups is 2. The third kappa shape index (κ3) is 8.15. The van der Waals surface area contributed by atoms with Gasteiger partial charge in [0.05, 0.1) is 23.6 Å². The van der Waals surface area contributed by atoms with Crippen LogP contribution < -0.4 is 15.5 Å². The topological polar surface area (TPSA) is 92.8 Å². The zero-order chi connectivity index (χ0) is 24.9. The van der Waals surface area contributed by atoms with Gasteiger partial charge in [-0.1, -0.05) is 0 Å².